The Bertz CT molecular complexity index is 259. The number of carbonyl (C=O) groups is 2. The van der Waals surface area contributed by atoms with Gasteiger partial charge in [0.15, 0.2) is 0 Å². The third-order valence-electron chi connectivity index (χ3n) is 2.16. The highest BCUT2D eigenvalue weighted by Gasteiger charge is 2.18. The van der Waals surface area contributed by atoms with Crippen LogP contribution in [0.4, 0.5) is 0 Å². The minimum absolute atomic E-state index is 0.0317. The van der Waals surface area contributed by atoms with Crippen molar-refractivity contribution in [2.45, 2.75) is 58.5 Å². The van der Waals surface area contributed by atoms with Crippen molar-refractivity contribution in [1.29, 1.82) is 0 Å². The van der Waals surface area contributed by atoms with Gasteiger partial charge in [0, 0.05) is 12.0 Å². The first-order valence-electron chi connectivity index (χ1n) is 5.99. The lowest BCUT2D eigenvalue weighted by molar-refractivity contribution is -0.137. The Balaban J connectivity index is 3.68. The van der Waals surface area contributed by atoms with Crippen molar-refractivity contribution >= 4 is 11.9 Å². The maximum atomic E-state index is 11.7. The average molecular weight is 244 g/mol. The van der Waals surface area contributed by atoms with Crippen molar-refractivity contribution < 1.29 is 14.7 Å². The van der Waals surface area contributed by atoms with Gasteiger partial charge in [0.1, 0.15) is 0 Å². The van der Waals surface area contributed by atoms with Gasteiger partial charge in [0.2, 0.25) is 5.91 Å². The molecule has 1 amide bonds. The molecule has 0 saturated carbocycles. The molecule has 0 rings (SSSR count). The molecule has 0 spiro atoms. The summed E-state index contributed by atoms with van der Waals surface area (Å²) in [6.07, 6.45) is 1.58. The Kier molecular flexibility index (Phi) is 6.80. The van der Waals surface area contributed by atoms with Gasteiger partial charge in [-0.1, -0.05) is 0 Å². The molecule has 0 radical (unpaired) electrons. The van der Waals surface area contributed by atoms with E-state index < -0.39 is 5.97 Å². The highest BCUT2D eigenvalue weighted by molar-refractivity contribution is 5.81. The molecule has 0 aromatic heterocycles. The number of hydrogen-bond acceptors (Lipinski definition) is 3. The summed E-state index contributed by atoms with van der Waals surface area (Å²) < 4.78 is 0. The molecule has 1 atom stereocenters. The van der Waals surface area contributed by atoms with Crippen molar-refractivity contribution in [1.82, 2.24) is 10.6 Å². The third-order valence-corrected chi connectivity index (χ3v) is 2.16. The summed E-state index contributed by atoms with van der Waals surface area (Å²) in [7, 11) is 0. The molecule has 3 N–H and O–H groups in total. The fourth-order valence-corrected chi connectivity index (χ4v) is 1.29. The molecule has 5 heteroatoms. The van der Waals surface area contributed by atoms with Crippen molar-refractivity contribution in [3.63, 3.8) is 0 Å². The van der Waals surface area contributed by atoms with Crippen molar-refractivity contribution in [2.75, 3.05) is 6.54 Å². The Morgan fingerprint density at radius 1 is 1.24 bits per heavy atom. The second-order valence-electron chi connectivity index (χ2n) is 5.27. The van der Waals surface area contributed by atoms with Gasteiger partial charge in [-0.2, -0.15) is 0 Å². The first kappa shape index (κ1) is 15.9. The van der Waals surface area contributed by atoms with E-state index in [1.807, 2.05) is 20.8 Å². The second-order valence-corrected chi connectivity index (χ2v) is 5.27. The number of carbonyl (C=O) groups excluding carboxylic acids is 1. The van der Waals surface area contributed by atoms with Crippen molar-refractivity contribution in [3.8, 4) is 0 Å². The average Bonchev–Trinajstić information content (AvgIpc) is 2.13. The largest absolute Gasteiger partial charge is 0.481 e. The van der Waals surface area contributed by atoms with Crippen LogP contribution in [0, 0.1) is 0 Å². The maximum absolute atomic E-state index is 11.7. The van der Waals surface area contributed by atoms with E-state index in [1.165, 1.54) is 0 Å². The number of hydrogen-bond donors (Lipinski definition) is 3. The van der Waals surface area contributed by atoms with Crippen LogP contribution < -0.4 is 10.6 Å². The summed E-state index contributed by atoms with van der Waals surface area (Å²) >= 11 is 0. The van der Waals surface area contributed by atoms with E-state index in [0.717, 1.165) is 6.42 Å². The maximum Gasteiger partial charge on any atom is 0.303 e. The topological polar surface area (TPSA) is 78.4 Å². The fraction of sp³-hybridized carbons (Fsp3) is 0.833. The standard InChI is InChI=1S/C12H24N2O3/c1-9(11(17)14-12(2,3)4)13-8-6-5-7-10(15)16/h9,13H,5-8H2,1-4H3,(H,14,17)(H,15,16). The minimum Gasteiger partial charge on any atom is -0.481 e. The summed E-state index contributed by atoms with van der Waals surface area (Å²) in [5, 5.41) is 14.4. The molecule has 0 aliphatic carbocycles. The second kappa shape index (κ2) is 7.27. The van der Waals surface area contributed by atoms with Gasteiger partial charge >= 0.3 is 5.97 Å². The molecule has 17 heavy (non-hydrogen) atoms. The highest BCUT2D eigenvalue weighted by atomic mass is 16.4. The number of rotatable bonds is 7. The number of carboxylic acids is 1. The summed E-state index contributed by atoms with van der Waals surface area (Å²) in [6, 6.07) is -0.251. The van der Waals surface area contributed by atoms with Crippen LogP contribution in [0.1, 0.15) is 47.0 Å². The summed E-state index contributed by atoms with van der Waals surface area (Å²) in [5.74, 6) is -0.806. The van der Waals surface area contributed by atoms with Crippen LogP contribution in [-0.4, -0.2) is 35.1 Å². The Labute approximate surface area is 103 Å². The first-order valence-corrected chi connectivity index (χ1v) is 5.99. The van der Waals surface area contributed by atoms with Crippen LogP contribution in [-0.2, 0) is 9.59 Å². The zero-order valence-corrected chi connectivity index (χ0v) is 11.2. The van der Waals surface area contributed by atoms with E-state index in [1.54, 1.807) is 6.92 Å². The van der Waals surface area contributed by atoms with Gasteiger partial charge in [-0.15, -0.1) is 0 Å². The normalized spacial score (nSPS) is 13.2. The van der Waals surface area contributed by atoms with Gasteiger partial charge < -0.3 is 15.7 Å². The number of aliphatic carboxylic acids is 1. The summed E-state index contributed by atoms with van der Waals surface area (Å²) in [4.78, 5) is 21.9. The van der Waals surface area contributed by atoms with Gasteiger partial charge in [0.05, 0.1) is 6.04 Å². The lowest BCUT2D eigenvalue weighted by Crippen LogP contribution is -2.49. The van der Waals surface area contributed by atoms with Gasteiger partial charge in [-0.3, -0.25) is 9.59 Å². The molecule has 0 aromatic rings. The zero-order valence-electron chi connectivity index (χ0n) is 11.2. The summed E-state index contributed by atoms with van der Waals surface area (Å²) in [5.41, 5.74) is -0.226. The molecule has 0 fully saturated rings. The van der Waals surface area contributed by atoms with Crippen LogP contribution in [0.15, 0.2) is 0 Å². The molecule has 0 bridgehead atoms. The van der Waals surface area contributed by atoms with E-state index in [4.69, 9.17) is 5.11 Å². The molecule has 0 aliphatic rings. The van der Waals surface area contributed by atoms with Crippen molar-refractivity contribution in [2.24, 2.45) is 0 Å². The summed E-state index contributed by atoms with van der Waals surface area (Å²) in [6.45, 7) is 8.27. The first-order chi connectivity index (χ1) is 7.72. The van der Waals surface area contributed by atoms with E-state index in [0.29, 0.717) is 13.0 Å². The molecular formula is C12H24N2O3. The van der Waals surface area contributed by atoms with Gasteiger partial charge in [-0.05, 0) is 47.1 Å². The smallest absolute Gasteiger partial charge is 0.303 e. The van der Waals surface area contributed by atoms with E-state index in [-0.39, 0.29) is 23.9 Å². The predicted molar refractivity (Wildman–Crippen MR) is 66.8 cm³/mol. The quantitative estimate of drug-likeness (QED) is 0.587. The lowest BCUT2D eigenvalue weighted by Gasteiger charge is -2.23. The number of carboxylic acid groups (broad SMARTS) is 1. The molecule has 0 saturated heterocycles. The number of unbranched alkanes of at least 4 members (excludes halogenated alkanes) is 1. The van der Waals surface area contributed by atoms with E-state index in [2.05, 4.69) is 10.6 Å². The lowest BCUT2D eigenvalue weighted by atomic mass is 10.1. The van der Waals surface area contributed by atoms with Crippen molar-refractivity contribution in [3.05, 3.63) is 0 Å². The highest BCUT2D eigenvalue weighted by Crippen LogP contribution is 2.00. The molecule has 100 valence electrons. The van der Waals surface area contributed by atoms with Crippen LogP contribution in [0.3, 0.4) is 0 Å². The molecular weight excluding hydrogens is 220 g/mol. The zero-order chi connectivity index (χ0) is 13.5. The van der Waals surface area contributed by atoms with Crippen LogP contribution in [0.2, 0.25) is 0 Å². The SMILES string of the molecule is CC(NCCCCC(=O)O)C(=O)NC(C)(C)C. The van der Waals surface area contributed by atoms with Crippen LogP contribution in [0.5, 0.6) is 0 Å². The van der Waals surface area contributed by atoms with Gasteiger partial charge in [0.25, 0.3) is 0 Å². The Morgan fingerprint density at radius 3 is 2.29 bits per heavy atom. The Morgan fingerprint density at radius 2 is 1.82 bits per heavy atom. The van der Waals surface area contributed by atoms with E-state index in [9.17, 15) is 9.59 Å². The molecule has 0 heterocycles. The van der Waals surface area contributed by atoms with Crippen LogP contribution >= 0.6 is 0 Å². The molecule has 5 nitrogen and oxygen atoms in total. The van der Waals surface area contributed by atoms with Gasteiger partial charge in [-0.25, -0.2) is 0 Å². The van der Waals surface area contributed by atoms with E-state index >= 15 is 0 Å². The predicted octanol–water partition coefficient (Wildman–Crippen LogP) is 1.13. The molecule has 0 aromatic carbocycles. The minimum atomic E-state index is -0.775. The fourth-order valence-electron chi connectivity index (χ4n) is 1.29. The van der Waals surface area contributed by atoms with Crippen LogP contribution in [0.25, 0.3) is 0 Å². The number of nitrogens with one attached hydrogen (secondary N) is 2. The number of amides is 1. The molecule has 0 aliphatic heterocycles. The Hall–Kier alpha value is -1.10. The molecule has 1 unspecified atom stereocenters. The third kappa shape index (κ3) is 9.81. The monoisotopic (exact) mass is 244 g/mol.